The second-order valence-electron chi connectivity index (χ2n) is 5.25. The number of benzene rings is 1. The highest BCUT2D eigenvalue weighted by atomic mass is 16.5. The van der Waals surface area contributed by atoms with Gasteiger partial charge < -0.3 is 20.9 Å². The molecule has 112 valence electrons. The number of methoxy groups -OCH3 is 1. The summed E-state index contributed by atoms with van der Waals surface area (Å²) in [4.78, 5) is 11.9. The molecule has 0 bridgehead atoms. The van der Waals surface area contributed by atoms with Gasteiger partial charge in [0.25, 0.3) is 0 Å². The molecule has 1 amide bonds. The van der Waals surface area contributed by atoms with Gasteiger partial charge in [-0.25, -0.2) is 0 Å². The Morgan fingerprint density at radius 1 is 1.45 bits per heavy atom. The standard InChI is InChI=1S/C15H24N2O3/c1-15(19,8-9-20-2)11-17-14(18)13(16)10-12-6-4-3-5-7-12/h3-7,13,19H,8-11,16H2,1-2H3,(H,17,18). The van der Waals surface area contributed by atoms with E-state index in [4.69, 9.17) is 10.5 Å². The van der Waals surface area contributed by atoms with E-state index in [9.17, 15) is 9.90 Å². The topological polar surface area (TPSA) is 84.6 Å². The van der Waals surface area contributed by atoms with Crippen LogP contribution in [0.1, 0.15) is 18.9 Å². The number of rotatable bonds is 8. The summed E-state index contributed by atoms with van der Waals surface area (Å²) in [6.07, 6.45) is 0.935. The Kier molecular flexibility index (Phi) is 6.64. The molecule has 2 unspecified atom stereocenters. The van der Waals surface area contributed by atoms with Crippen LogP contribution in [0.4, 0.5) is 0 Å². The van der Waals surface area contributed by atoms with Crippen LogP contribution in [-0.2, 0) is 16.0 Å². The molecule has 0 spiro atoms. The van der Waals surface area contributed by atoms with Crippen molar-refractivity contribution < 1.29 is 14.6 Å². The SMILES string of the molecule is COCCC(C)(O)CNC(=O)C(N)Cc1ccccc1. The van der Waals surface area contributed by atoms with Crippen molar-refractivity contribution in [2.24, 2.45) is 5.73 Å². The number of hydrogen-bond acceptors (Lipinski definition) is 4. The first-order chi connectivity index (χ1) is 9.44. The van der Waals surface area contributed by atoms with Crippen molar-refractivity contribution in [1.29, 1.82) is 0 Å². The van der Waals surface area contributed by atoms with E-state index in [1.165, 1.54) is 0 Å². The Balaban J connectivity index is 2.38. The third kappa shape index (κ3) is 6.14. The molecule has 5 heteroatoms. The highest BCUT2D eigenvalue weighted by Crippen LogP contribution is 2.08. The number of amides is 1. The van der Waals surface area contributed by atoms with Crippen molar-refractivity contribution in [3.63, 3.8) is 0 Å². The molecule has 0 radical (unpaired) electrons. The van der Waals surface area contributed by atoms with Crippen molar-refractivity contribution >= 4 is 5.91 Å². The first-order valence-electron chi connectivity index (χ1n) is 6.73. The molecule has 0 heterocycles. The van der Waals surface area contributed by atoms with Crippen LogP contribution in [0.2, 0.25) is 0 Å². The highest BCUT2D eigenvalue weighted by molar-refractivity contribution is 5.81. The maximum absolute atomic E-state index is 11.9. The molecule has 0 fully saturated rings. The molecular weight excluding hydrogens is 256 g/mol. The number of carbonyl (C=O) groups is 1. The number of hydrogen-bond donors (Lipinski definition) is 3. The van der Waals surface area contributed by atoms with Gasteiger partial charge in [0, 0.05) is 26.7 Å². The van der Waals surface area contributed by atoms with Gasteiger partial charge in [-0.15, -0.1) is 0 Å². The minimum atomic E-state index is -0.988. The van der Waals surface area contributed by atoms with E-state index in [2.05, 4.69) is 5.32 Å². The van der Waals surface area contributed by atoms with E-state index < -0.39 is 11.6 Å². The summed E-state index contributed by atoms with van der Waals surface area (Å²) < 4.78 is 4.91. The molecular formula is C15H24N2O3. The lowest BCUT2D eigenvalue weighted by molar-refractivity contribution is -0.123. The van der Waals surface area contributed by atoms with Gasteiger partial charge >= 0.3 is 0 Å². The molecule has 5 nitrogen and oxygen atoms in total. The number of nitrogens with two attached hydrogens (primary N) is 1. The van der Waals surface area contributed by atoms with Crippen molar-refractivity contribution in [3.05, 3.63) is 35.9 Å². The maximum Gasteiger partial charge on any atom is 0.237 e. The molecule has 0 aliphatic carbocycles. The predicted molar refractivity (Wildman–Crippen MR) is 78.2 cm³/mol. The van der Waals surface area contributed by atoms with Crippen molar-refractivity contribution in [2.45, 2.75) is 31.4 Å². The second kappa shape index (κ2) is 7.99. The highest BCUT2D eigenvalue weighted by Gasteiger charge is 2.22. The van der Waals surface area contributed by atoms with Crippen LogP contribution in [0.25, 0.3) is 0 Å². The summed E-state index contributed by atoms with van der Waals surface area (Å²) in [7, 11) is 1.57. The number of ether oxygens (including phenoxy) is 1. The normalized spacial score (nSPS) is 15.4. The molecule has 1 aromatic carbocycles. The molecule has 20 heavy (non-hydrogen) atoms. The second-order valence-corrected chi connectivity index (χ2v) is 5.25. The summed E-state index contributed by atoms with van der Waals surface area (Å²) in [6, 6.07) is 8.99. The van der Waals surface area contributed by atoms with Gasteiger partial charge in [-0.1, -0.05) is 30.3 Å². The molecule has 0 aliphatic rings. The third-order valence-electron chi connectivity index (χ3n) is 3.12. The zero-order valence-corrected chi connectivity index (χ0v) is 12.1. The number of nitrogens with one attached hydrogen (secondary N) is 1. The molecule has 2 atom stereocenters. The quantitative estimate of drug-likeness (QED) is 0.646. The smallest absolute Gasteiger partial charge is 0.237 e. The van der Waals surface area contributed by atoms with E-state index in [0.29, 0.717) is 19.4 Å². The fourth-order valence-electron chi connectivity index (χ4n) is 1.78. The van der Waals surface area contributed by atoms with E-state index in [1.807, 2.05) is 30.3 Å². The van der Waals surface area contributed by atoms with Gasteiger partial charge in [-0.3, -0.25) is 4.79 Å². The zero-order chi connectivity index (χ0) is 15.0. The van der Waals surface area contributed by atoms with Crippen LogP contribution >= 0.6 is 0 Å². The Morgan fingerprint density at radius 3 is 2.70 bits per heavy atom. The lowest BCUT2D eigenvalue weighted by Crippen LogP contribution is -2.48. The van der Waals surface area contributed by atoms with Gasteiger partial charge in [0.15, 0.2) is 0 Å². The maximum atomic E-state index is 11.9. The summed E-state index contributed by atoms with van der Waals surface area (Å²) in [5.74, 6) is -0.258. The number of carbonyl (C=O) groups excluding carboxylic acids is 1. The largest absolute Gasteiger partial charge is 0.388 e. The van der Waals surface area contributed by atoms with Gasteiger partial charge in [0.2, 0.25) is 5.91 Å². The fraction of sp³-hybridized carbons (Fsp3) is 0.533. The van der Waals surface area contributed by atoms with Crippen LogP contribution in [-0.4, -0.2) is 42.9 Å². The summed E-state index contributed by atoms with van der Waals surface area (Å²) in [5.41, 5.74) is 5.89. The van der Waals surface area contributed by atoms with E-state index in [-0.39, 0.29) is 12.5 Å². The lowest BCUT2D eigenvalue weighted by Gasteiger charge is -2.24. The van der Waals surface area contributed by atoms with Crippen molar-refractivity contribution in [1.82, 2.24) is 5.32 Å². The summed E-state index contributed by atoms with van der Waals surface area (Å²) in [6.45, 7) is 2.27. The Labute approximate surface area is 120 Å². The van der Waals surface area contributed by atoms with Gasteiger partial charge in [-0.05, 0) is 18.9 Å². The molecule has 0 aliphatic heterocycles. The first kappa shape index (κ1) is 16.6. The average molecular weight is 280 g/mol. The van der Waals surface area contributed by atoms with Gasteiger partial charge in [0.1, 0.15) is 0 Å². The fourth-order valence-corrected chi connectivity index (χ4v) is 1.78. The monoisotopic (exact) mass is 280 g/mol. The lowest BCUT2D eigenvalue weighted by atomic mass is 10.0. The van der Waals surface area contributed by atoms with E-state index >= 15 is 0 Å². The van der Waals surface area contributed by atoms with Crippen molar-refractivity contribution in [2.75, 3.05) is 20.3 Å². The molecule has 0 saturated heterocycles. The van der Waals surface area contributed by atoms with Crippen LogP contribution in [0.15, 0.2) is 30.3 Å². The Morgan fingerprint density at radius 2 is 2.10 bits per heavy atom. The minimum absolute atomic E-state index is 0.164. The van der Waals surface area contributed by atoms with Crippen LogP contribution < -0.4 is 11.1 Å². The molecule has 1 aromatic rings. The zero-order valence-electron chi connectivity index (χ0n) is 12.1. The average Bonchev–Trinajstić information content (AvgIpc) is 2.44. The van der Waals surface area contributed by atoms with Crippen LogP contribution in [0, 0.1) is 0 Å². The van der Waals surface area contributed by atoms with Crippen LogP contribution in [0.3, 0.4) is 0 Å². The molecule has 0 aromatic heterocycles. The minimum Gasteiger partial charge on any atom is -0.388 e. The van der Waals surface area contributed by atoms with Crippen LogP contribution in [0.5, 0.6) is 0 Å². The van der Waals surface area contributed by atoms with Crippen molar-refractivity contribution in [3.8, 4) is 0 Å². The number of aliphatic hydroxyl groups is 1. The summed E-state index contributed by atoms with van der Waals surface area (Å²) in [5, 5.41) is 12.7. The van der Waals surface area contributed by atoms with Gasteiger partial charge in [-0.2, -0.15) is 0 Å². The third-order valence-corrected chi connectivity index (χ3v) is 3.12. The summed E-state index contributed by atoms with van der Waals surface area (Å²) >= 11 is 0. The Bertz CT molecular complexity index is 407. The molecule has 0 saturated carbocycles. The molecule has 4 N–H and O–H groups in total. The first-order valence-corrected chi connectivity index (χ1v) is 6.73. The van der Waals surface area contributed by atoms with E-state index in [1.54, 1.807) is 14.0 Å². The van der Waals surface area contributed by atoms with Gasteiger partial charge in [0.05, 0.1) is 11.6 Å². The molecule has 1 rings (SSSR count). The predicted octanol–water partition coefficient (Wildman–Crippen LogP) is 0.460. The van der Waals surface area contributed by atoms with E-state index in [0.717, 1.165) is 5.56 Å². The Hall–Kier alpha value is -1.43.